The van der Waals surface area contributed by atoms with Gasteiger partial charge in [-0.25, -0.2) is 9.13 Å². The fourth-order valence-corrected chi connectivity index (χ4v) is 12.7. The standard InChI is InChI=1S/C66H126N2O19P2/c1-7-11-15-19-22-25-26-27-28-29-30-32-34-38-42-46-57(70)67-60-64(82-49-47-54(80-6)45-41-36-18-14-10-4)62(86-88(73,74)75)56(51-79-5)85-65(60)83-52-55-61(72)63(81-48-43-39-35-24-21-17-13-9-3)59(66(84-55)87-89(76,77)78)68-58(71)50-53(69)44-40-37-33-31-23-20-16-12-8-2/h25-26,54-56,59-66,72H,7-24,27-52H2,1-6H3,(H,67,70)(H,68,71)(H2,73,74,75)(H2,76,77,78)/t54-,55-,56?,59-,60-,61-,62?,63-,64-,65?,66-/m1/s1. The van der Waals surface area contributed by atoms with Crippen LogP contribution in [0.3, 0.4) is 0 Å². The highest BCUT2D eigenvalue weighted by Gasteiger charge is 2.53. The summed E-state index contributed by atoms with van der Waals surface area (Å²) in [6.07, 6.45) is 29.6. The van der Waals surface area contributed by atoms with Crippen molar-refractivity contribution < 1.29 is 90.4 Å². The number of unbranched alkanes of at least 4 members (excludes halogenated alkanes) is 30. The number of phosphoric acid groups is 2. The van der Waals surface area contributed by atoms with Gasteiger partial charge in [0.25, 0.3) is 0 Å². The second-order valence-corrected chi connectivity index (χ2v) is 27.2. The van der Waals surface area contributed by atoms with E-state index in [4.69, 9.17) is 42.2 Å². The van der Waals surface area contributed by atoms with Gasteiger partial charge in [-0.05, 0) is 57.8 Å². The first-order valence-electron chi connectivity index (χ1n) is 35.0. The monoisotopic (exact) mass is 1310 g/mol. The average molecular weight is 1310 g/mol. The van der Waals surface area contributed by atoms with Crippen LogP contribution in [-0.2, 0) is 65.7 Å². The lowest BCUT2D eigenvalue weighted by Crippen LogP contribution is -2.67. The molecular weight excluding hydrogens is 1190 g/mol. The molecule has 3 unspecified atom stereocenters. The zero-order valence-electron chi connectivity index (χ0n) is 56.0. The molecule has 2 heterocycles. The normalized spacial score (nSPS) is 22.9. The molecule has 2 saturated heterocycles. The molecule has 2 fully saturated rings. The Balaban J connectivity index is 2.45. The number of allylic oxidation sites excluding steroid dienone is 2. The molecule has 0 radical (unpaired) electrons. The van der Waals surface area contributed by atoms with E-state index in [2.05, 4.69) is 50.5 Å². The molecule has 0 saturated carbocycles. The quantitative estimate of drug-likeness (QED) is 0.0129. The summed E-state index contributed by atoms with van der Waals surface area (Å²) in [5, 5.41) is 17.9. The minimum atomic E-state index is -5.39. The topological polar surface area (TPSA) is 294 Å². The van der Waals surface area contributed by atoms with Crippen LogP contribution in [-0.4, -0.2) is 150 Å². The van der Waals surface area contributed by atoms with Crippen LogP contribution in [0.25, 0.3) is 0 Å². The summed E-state index contributed by atoms with van der Waals surface area (Å²) >= 11 is 0. The zero-order chi connectivity index (χ0) is 65.4. The third-order valence-electron chi connectivity index (χ3n) is 16.8. The minimum Gasteiger partial charge on any atom is -0.388 e. The van der Waals surface area contributed by atoms with Crippen molar-refractivity contribution in [3.8, 4) is 0 Å². The highest BCUT2D eigenvalue weighted by molar-refractivity contribution is 7.46. The van der Waals surface area contributed by atoms with Crippen molar-refractivity contribution in [1.29, 1.82) is 0 Å². The van der Waals surface area contributed by atoms with Gasteiger partial charge >= 0.3 is 15.6 Å². The Labute approximate surface area is 536 Å². The van der Waals surface area contributed by atoms with Gasteiger partial charge in [0, 0.05) is 40.3 Å². The molecule has 524 valence electrons. The number of aliphatic hydroxyl groups excluding tert-OH is 1. The number of carbonyl (C=O) groups excluding carboxylic acids is 3. The number of phosphoric ester groups is 2. The van der Waals surface area contributed by atoms with Crippen LogP contribution in [0.5, 0.6) is 0 Å². The molecule has 2 aliphatic heterocycles. The van der Waals surface area contributed by atoms with Gasteiger partial charge in [0.1, 0.15) is 54.5 Å². The first-order valence-corrected chi connectivity index (χ1v) is 38.1. The third-order valence-corrected chi connectivity index (χ3v) is 17.8. The molecule has 0 aromatic rings. The molecule has 2 aliphatic rings. The Morgan fingerprint density at radius 1 is 0.472 bits per heavy atom. The van der Waals surface area contributed by atoms with Crippen molar-refractivity contribution in [2.24, 2.45) is 0 Å². The number of aliphatic hydroxyl groups is 1. The molecule has 2 amide bonds. The molecule has 7 N–H and O–H groups in total. The lowest BCUT2D eigenvalue weighted by molar-refractivity contribution is -0.301. The van der Waals surface area contributed by atoms with E-state index in [0.717, 1.165) is 161 Å². The first-order chi connectivity index (χ1) is 42.9. The van der Waals surface area contributed by atoms with Crippen LogP contribution in [0.1, 0.15) is 285 Å². The highest BCUT2D eigenvalue weighted by Crippen LogP contribution is 2.44. The van der Waals surface area contributed by atoms with Crippen LogP contribution in [0.15, 0.2) is 12.2 Å². The first kappa shape index (κ1) is 83.3. The Bertz CT molecular complexity index is 1900. The van der Waals surface area contributed by atoms with Gasteiger partial charge in [0.05, 0.1) is 25.7 Å². The van der Waals surface area contributed by atoms with E-state index in [1.807, 2.05) is 0 Å². The van der Waals surface area contributed by atoms with Gasteiger partial charge in [-0.1, -0.05) is 220 Å². The lowest BCUT2D eigenvalue weighted by atomic mass is 9.95. The fraction of sp³-hybridized carbons (Fsp3) is 0.924. The zero-order valence-corrected chi connectivity index (χ0v) is 57.8. The third kappa shape index (κ3) is 41.0. The van der Waals surface area contributed by atoms with Crippen LogP contribution >= 0.6 is 15.6 Å². The molecule has 89 heavy (non-hydrogen) atoms. The number of hydrogen-bond acceptors (Lipinski definition) is 15. The predicted molar refractivity (Wildman–Crippen MR) is 347 cm³/mol. The van der Waals surface area contributed by atoms with Gasteiger partial charge in [-0.3, -0.25) is 23.4 Å². The summed E-state index contributed by atoms with van der Waals surface area (Å²) in [4.78, 5) is 82.2. The molecule has 11 atom stereocenters. The number of methoxy groups -OCH3 is 2. The number of ketones is 1. The maximum atomic E-state index is 14.1. The number of ether oxygens (including phenoxy) is 7. The lowest BCUT2D eigenvalue weighted by Gasteiger charge is -2.47. The predicted octanol–water partition coefficient (Wildman–Crippen LogP) is 13.6. The van der Waals surface area contributed by atoms with E-state index in [9.17, 15) is 48.2 Å². The van der Waals surface area contributed by atoms with E-state index in [1.54, 1.807) is 7.11 Å². The van der Waals surface area contributed by atoms with Gasteiger partial charge in [-0.15, -0.1) is 0 Å². The molecule has 0 spiro atoms. The van der Waals surface area contributed by atoms with Crippen molar-refractivity contribution >= 4 is 33.2 Å². The Morgan fingerprint density at radius 3 is 1.45 bits per heavy atom. The molecule has 0 aromatic heterocycles. The van der Waals surface area contributed by atoms with Gasteiger partial charge in [-0.2, -0.15) is 0 Å². The van der Waals surface area contributed by atoms with Crippen LogP contribution in [0.4, 0.5) is 0 Å². The van der Waals surface area contributed by atoms with Crippen LogP contribution < -0.4 is 10.6 Å². The molecule has 0 aromatic carbocycles. The van der Waals surface area contributed by atoms with E-state index in [1.165, 1.54) is 58.5 Å². The second kappa shape index (κ2) is 52.5. The molecule has 2 rings (SSSR count). The minimum absolute atomic E-state index is 0.00889. The maximum Gasteiger partial charge on any atom is 0.472 e. The SMILES string of the molecule is CCCCCCC=CCCCCCCCCCC(=O)N[C@H]1C(OC[C@H]2O[C@H](OP(=O)(O)O)[C@H](NC(=O)CC(=O)CCCCCCCCCCC)[C@@H](OCCCCCCCCCC)[C@@H]2O)OC(COC)C(OP(=O)(O)O)[C@@H]1OCC[C@@H](CCCCCCC)OC. The van der Waals surface area contributed by atoms with Gasteiger partial charge in [0.2, 0.25) is 11.8 Å². The average Bonchev–Trinajstić information content (AvgIpc) is 0.966. The Morgan fingerprint density at radius 2 is 0.921 bits per heavy atom. The van der Waals surface area contributed by atoms with Gasteiger partial charge < -0.3 is 68.5 Å². The summed E-state index contributed by atoms with van der Waals surface area (Å²) in [5.41, 5.74) is 0. The molecule has 21 nitrogen and oxygen atoms in total. The fourth-order valence-electron chi connectivity index (χ4n) is 11.7. The Kier molecular flexibility index (Phi) is 49.2. The molecule has 0 aliphatic carbocycles. The molecular formula is C66H126N2O19P2. The van der Waals surface area contributed by atoms with Gasteiger partial charge in [0.15, 0.2) is 12.6 Å². The van der Waals surface area contributed by atoms with Crippen molar-refractivity contribution in [3.63, 3.8) is 0 Å². The van der Waals surface area contributed by atoms with E-state index >= 15 is 0 Å². The summed E-state index contributed by atoms with van der Waals surface area (Å²) in [6.45, 7) is 7.91. The van der Waals surface area contributed by atoms with Crippen molar-refractivity contribution in [2.45, 2.75) is 352 Å². The van der Waals surface area contributed by atoms with E-state index in [0.29, 0.717) is 25.7 Å². The summed E-state index contributed by atoms with van der Waals surface area (Å²) in [5.74, 6) is -1.52. The number of nitrogens with one attached hydrogen (secondary N) is 2. The van der Waals surface area contributed by atoms with Crippen LogP contribution in [0.2, 0.25) is 0 Å². The van der Waals surface area contributed by atoms with E-state index in [-0.39, 0.29) is 44.5 Å². The van der Waals surface area contributed by atoms with Crippen molar-refractivity contribution in [2.75, 3.05) is 40.6 Å². The number of Topliss-reactive ketones (excluding diaryl/α,β-unsaturated/α-hetero) is 1. The second-order valence-electron chi connectivity index (χ2n) is 24.8. The largest absolute Gasteiger partial charge is 0.472 e. The van der Waals surface area contributed by atoms with Crippen molar-refractivity contribution in [3.05, 3.63) is 12.2 Å². The molecule has 0 bridgehead atoms. The number of carbonyl (C=O) groups is 3. The summed E-state index contributed by atoms with van der Waals surface area (Å²) in [6, 6.07) is -2.84. The van der Waals surface area contributed by atoms with E-state index < -0.39 is 102 Å². The number of rotatable bonds is 59. The number of amides is 2. The smallest absolute Gasteiger partial charge is 0.388 e. The Hall–Kier alpha value is -1.75. The molecule has 23 heteroatoms. The maximum absolute atomic E-state index is 14.1. The number of hydrogen-bond donors (Lipinski definition) is 7. The highest BCUT2D eigenvalue weighted by atomic mass is 31.2. The summed E-state index contributed by atoms with van der Waals surface area (Å²) in [7, 11) is -7.69. The summed E-state index contributed by atoms with van der Waals surface area (Å²) < 4.78 is 79.3. The van der Waals surface area contributed by atoms with Crippen molar-refractivity contribution in [1.82, 2.24) is 10.6 Å². The van der Waals surface area contributed by atoms with Crippen LogP contribution in [0, 0.1) is 0 Å².